The van der Waals surface area contributed by atoms with E-state index in [1.54, 1.807) is 24.3 Å². The molecule has 0 unspecified atom stereocenters. The first-order valence-corrected chi connectivity index (χ1v) is 10.8. The van der Waals surface area contributed by atoms with E-state index in [1.165, 1.54) is 4.31 Å². The smallest absolute Gasteiger partial charge is 0.263 e. The third-order valence-electron chi connectivity index (χ3n) is 4.64. The highest BCUT2D eigenvalue weighted by atomic mass is 32.2. The number of sulfonamides is 1. The molecule has 1 heterocycles. The fourth-order valence-corrected chi connectivity index (χ4v) is 3.90. The van der Waals surface area contributed by atoms with E-state index in [9.17, 15) is 13.2 Å². The average molecular weight is 404 g/mol. The Morgan fingerprint density at radius 2 is 1.96 bits per heavy atom. The molecule has 0 fully saturated rings. The zero-order valence-electron chi connectivity index (χ0n) is 16.1. The zero-order valence-corrected chi connectivity index (χ0v) is 17.0. The summed E-state index contributed by atoms with van der Waals surface area (Å²) in [6.07, 6.45) is 0.188. The Labute approximate surface area is 165 Å². The predicted molar refractivity (Wildman–Crippen MR) is 107 cm³/mol. The summed E-state index contributed by atoms with van der Waals surface area (Å²) in [5.74, 6) is 0.763. The van der Waals surface area contributed by atoms with Crippen molar-refractivity contribution in [2.24, 2.45) is 0 Å². The molecule has 1 amide bonds. The van der Waals surface area contributed by atoms with Gasteiger partial charge in [-0.3, -0.25) is 9.10 Å². The number of nitrogens with zero attached hydrogens (tertiary/aromatic N) is 1. The Bertz CT molecular complexity index is 974. The van der Waals surface area contributed by atoms with Gasteiger partial charge in [-0.05, 0) is 43.2 Å². The van der Waals surface area contributed by atoms with Gasteiger partial charge in [-0.25, -0.2) is 8.42 Å². The van der Waals surface area contributed by atoms with Crippen LogP contribution in [-0.2, 0) is 14.8 Å². The number of nitrogens with one attached hydrogen (secondary N) is 1. The van der Waals surface area contributed by atoms with Crippen LogP contribution in [-0.4, -0.2) is 46.4 Å². The average Bonchev–Trinajstić information content (AvgIpc) is 2.66. The molecule has 0 saturated carbocycles. The van der Waals surface area contributed by atoms with Gasteiger partial charge in [0.25, 0.3) is 5.91 Å². The molecule has 1 aliphatic rings. The van der Waals surface area contributed by atoms with Crippen molar-refractivity contribution in [2.75, 3.05) is 30.3 Å². The van der Waals surface area contributed by atoms with E-state index in [0.717, 1.165) is 23.1 Å². The maximum atomic E-state index is 12.5. The lowest BCUT2D eigenvalue weighted by Gasteiger charge is -2.33. The minimum Gasteiger partial charge on any atom is -0.491 e. The zero-order chi connectivity index (χ0) is 20.3. The Kier molecular flexibility index (Phi) is 5.79. The molecule has 2 aromatic carbocycles. The van der Waals surface area contributed by atoms with Crippen molar-refractivity contribution in [3.8, 4) is 11.5 Å². The van der Waals surface area contributed by atoms with Crippen LogP contribution in [0.2, 0.25) is 0 Å². The van der Waals surface area contributed by atoms with Crippen LogP contribution < -0.4 is 19.1 Å². The van der Waals surface area contributed by atoms with Crippen LogP contribution in [0.15, 0.2) is 42.5 Å². The molecular weight excluding hydrogens is 380 g/mol. The number of fused-ring (bicyclic) bond motifs is 1. The van der Waals surface area contributed by atoms with Gasteiger partial charge < -0.3 is 14.8 Å². The second-order valence-corrected chi connectivity index (χ2v) is 8.61. The molecule has 0 bridgehead atoms. The molecule has 0 spiro atoms. The number of hydrogen-bond donors (Lipinski definition) is 1. The van der Waals surface area contributed by atoms with Gasteiger partial charge in [0.15, 0.2) is 6.10 Å². The number of ether oxygens (including phenoxy) is 2. The summed E-state index contributed by atoms with van der Waals surface area (Å²) in [5.41, 5.74) is 2.63. The van der Waals surface area contributed by atoms with Crippen LogP contribution in [0.4, 0.5) is 5.69 Å². The summed E-state index contributed by atoms with van der Waals surface area (Å²) in [5, 5.41) is 2.75. The summed E-state index contributed by atoms with van der Waals surface area (Å²) >= 11 is 0. The minimum absolute atomic E-state index is 0.0699. The highest BCUT2D eigenvalue weighted by Crippen LogP contribution is 2.34. The molecule has 28 heavy (non-hydrogen) atoms. The third kappa shape index (κ3) is 4.39. The fourth-order valence-electron chi connectivity index (χ4n) is 2.98. The van der Waals surface area contributed by atoms with Crippen LogP contribution in [0.3, 0.4) is 0 Å². The standard InChI is InChI=1S/C20H24N2O5S/c1-14-7-6-10-17(15(14)2)26-12-11-21-20(23)19-13-22(28(3,24)25)16-8-4-5-9-18(16)27-19/h4-10,19H,11-13H2,1-3H3,(H,21,23)/t19-/m1/s1. The molecule has 1 aliphatic heterocycles. The first-order chi connectivity index (χ1) is 13.3. The number of hydrogen-bond acceptors (Lipinski definition) is 5. The molecular formula is C20H24N2O5S. The van der Waals surface area contributed by atoms with Crippen LogP contribution in [0.5, 0.6) is 11.5 Å². The molecule has 150 valence electrons. The molecule has 0 aliphatic carbocycles. The van der Waals surface area contributed by atoms with Crippen LogP contribution in [0.1, 0.15) is 11.1 Å². The van der Waals surface area contributed by atoms with Crippen molar-refractivity contribution in [1.82, 2.24) is 5.32 Å². The van der Waals surface area contributed by atoms with Gasteiger partial charge in [0, 0.05) is 0 Å². The van der Waals surface area contributed by atoms with E-state index < -0.39 is 16.1 Å². The normalized spacial score (nSPS) is 16.1. The molecule has 0 saturated heterocycles. The monoisotopic (exact) mass is 404 g/mol. The van der Waals surface area contributed by atoms with Crippen molar-refractivity contribution in [1.29, 1.82) is 0 Å². The molecule has 3 rings (SSSR count). The maximum Gasteiger partial charge on any atom is 0.263 e. The van der Waals surface area contributed by atoms with Crippen molar-refractivity contribution in [3.63, 3.8) is 0 Å². The third-order valence-corrected chi connectivity index (χ3v) is 5.79. The van der Waals surface area contributed by atoms with E-state index >= 15 is 0 Å². The lowest BCUT2D eigenvalue weighted by Crippen LogP contribution is -2.51. The van der Waals surface area contributed by atoms with Gasteiger partial charge >= 0.3 is 0 Å². The number of para-hydroxylation sites is 2. The van der Waals surface area contributed by atoms with Crippen LogP contribution in [0, 0.1) is 13.8 Å². The Morgan fingerprint density at radius 3 is 2.71 bits per heavy atom. The predicted octanol–water partition coefficient (Wildman–Crippen LogP) is 2.03. The largest absolute Gasteiger partial charge is 0.491 e. The topological polar surface area (TPSA) is 84.9 Å². The lowest BCUT2D eigenvalue weighted by atomic mass is 10.1. The first kappa shape index (κ1) is 20.0. The number of aryl methyl sites for hydroxylation is 1. The second kappa shape index (κ2) is 8.10. The van der Waals surface area contributed by atoms with Gasteiger partial charge in [0.05, 0.1) is 25.0 Å². The van der Waals surface area contributed by atoms with Gasteiger partial charge in [-0.15, -0.1) is 0 Å². The number of carbonyl (C=O) groups excluding carboxylic acids is 1. The van der Waals surface area contributed by atoms with E-state index in [4.69, 9.17) is 9.47 Å². The summed E-state index contributed by atoms with van der Waals surface area (Å²) in [7, 11) is -3.53. The van der Waals surface area contributed by atoms with Crippen molar-refractivity contribution < 1.29 is 22.7 Å². The van der Waals surface area contributed by atoms with Crippen molar-refractivity contribution in [2.45, 2.75) is 20.0 Å². The molecule has 1 atom stereocenters. The molecule has 0 aromatic heterocycles. The first-order valence-electron chi connectivity index (χ1n) is 8.97. The summed E-state index contributed by atoms with van der Waals surface area (Å²) in [6, 6.07) is 12.6. The number of carbonyl (C=O) groups is 1. The van der Waals surface area contributed by atoms with E-state index in [1.807, 2.05) is 32.0 Å². The Hall–Kier alpha value is -2.74. The van der Waals surface area contributed by atoms with E-state index in [-0.39, 0.29) is 19.0 Å². The Balaban J connectivity index is 1.60. The van der Waals surface area contributed by atoms with Gasteiger partial charge in [0.1, 0.15) is 18.1 Å². The fraction of sp³-hybridized carbons (Fsp3) is 0.350. The quantitative estimate of drug-likeness (QED) is 0.745. The van der Waals surface area contributed by atoms with Crippen molar-refractivity contribution >= 4 is 21.6 Å². The van der Waals surface area contributed by atoms with E-state index in [2.05, 4.69) is 5.32 Å². The molecule has 0 radical (unpaired) electrons. The van der Waals surface area contributed by atoms with Gasteiger partial charge in [0.2, 0.25) is 10.0 Å². The van der Waals surface area contributed by atoms with Gasteiger partial charge in [-0.2, -0.15) is 0 Å². The van der Waals surface area contributed by atoms with Crippen LogP contribution in [0.25, 0.3) is 0 Å². The molecule has 8 heteroatoms. The second-order valence-electron chi connectivity index (χ2n) is 6.71. The minimum atomic E-state index is -3.53. The van der Waals surface area contributed by atoms with Crippen LogP contribution >= 0.6 is 0 Å². The highest BCUT2D eigenvalue weighted by Gasteiger charge is 2.34. The molecule has 1 N–H and O–H groups in total. The maximum absolute atomic E-state index is 12.5. The Morgan fingerprint density at radius 1 is 1.21 bits per heavy atom. The number of rotatable bonds is 6. The van der Waals surface area contributed by atoms with Crippen molar-refractivity contribution in [3.05, 3.63) is 53.6 Å². The lowest BCUT2D eigenvalue weighted by molar-refractivity contribution is -0.127. The summed E-state index contributed by atoms with van der Waals surface area (Å²) in [4.78, 5) is 12.5. The molecule has 2 aromatic rings. The summed E-state index contributed by atoms with van der Waals surface area (Å²) in [6.45, 7) is 4.51. The highest BCUT2D eigenvalue weighted by molar-refractivity contribution is 7.92. The number of amides is 1. The van der Waals surface area contributed by atoms with Gasteiger partial charge in [-0.1, -0.05) is 24.3 Å². The van der Waals surface area contributed by atoms with E-state index in [0.29, 0.717) is 18.0 Å². The molecule has 7 nitrogen and oxygen atoms in total. The SMILES string of the molecule is Cc1cccc(OCCNC(=O)[C@H]2CN(S(C)(=O)=O)c3ccccc3O2)c1C. The summed E-state index contributed by atoms with van der Waals surface area (Å²) < 4.78 is 36.9. The number of benzene rings is 2. The number of anilines is 1.